The van der Waals surface area contributed by atoms with E-state index in [1.807, 2.05) is 43.5 Å². The molecule has 2 aromatic heterocycles. The second-order valence-electron chi connectivity index (χ2n) is 10.7. The summed E-state index contributed by atoms with van der Waals surface area (Å²) in [6, 6.07) is 12.3. The smallest absolute Gasteiger partial charge is 0.255 e. The topological polar surface area (TPSA) is 128 Å². The van der Waals surface area contributed by atoms with Crippen LogP contribution in [0.25, 0.3) is 10.1 Å². The van der Waals surface area contributed by atoms with Crippen LogP contribution in [0.1, 0.15) is 58.7 Å². The molecule has 0 aliphatic carbocycles. The van der Waals surface area contributed by atoms with Gasteiger partial charge in [0.15, 0.2) is 11.5 Å². The third-order valence-electron chi connectivity index (χ3n) is 7.28. The number of amides is 3. The number of benzene rings is 2. The fourth-order valence-corrected chi connectivity index (χ4v) is 6.04. The molecule has 43 heavy (non-hydrogen) atoms. The van der Waals surface area contributed by atoms with Gasteiger partial charge in [-0.3, -0.25) is 14.4 Å². The van der Waals surface area contributed by atoms with Gasteiger partial charge in [0.1, 0.15) is 18.3 Å². The first-order valence-electron chi connectivity index (χ1n) is 14.3. The van der Waals surface area contributed by atoms with E-state index in [-0.39, 0.29) is 43.3 Å². The summed E-state index contributed by atoms with van der Waals surface area (Å²) in [5.74, 6) is 1.29. The van der Waals surface area contributed by atoms with Crippen LogP contribution in [-0.4, -0.2) is 70.7 Å². The average molecular weight is 605 g/mol. The SMILES string of the molecule is COc1ccc2cc1OCCn1nc(C)nc1[C@H](C(C)C)NC(=O)CN(C(=O)c1csc3ccccc13)CCCNC2=O. The monoisotopic (exact) mass is 604 g/mol. The van der Waals surface area contributed by atoms with Crippen molar-refractivity contribution in [2.75, 3.05) is 33.4 Å². The predicted molar refractivity (Wildman–Crippen MR) is 164 cm³/mol. The summed E-state index contributed by atoms with van der Waals surface area (Å²) in [6.45, 7) is 6.83. The highest BCUT2D eigenvalue weighted by atomic mass is 32.1. The lowest BCUT2D eigenvalue weighted by molar-refractivity contribution is -0.123. The van der Waals surface area contributed by atoms with Crippen molar-refractivity contribution in [2.24, 2.45) is 5.92 Å². The molecule has 0 radical (unpaired) electrons. The van der Waals surface area contributed by atoms with Crippen LogP contribution in [0.2, 0.25) is 0 Å². The van der Waals surface area contributed by atoms with Gasteiger partial charge in [-0.15, -0.1) is 11.3 Å². The van der Waals surface area contributed by atoms with Gasteiger partial charge in [-0.25, -0.2) is 9.67 Å². The highest BCUT2D eigenvalue weighted by molar-refractivity contribution is 7.17. The number of nitrogens with zero attached hydrogens (tertiary/aromatic N) is 4. The van der Waals surface area contributed by atoms with Crippen LogP contribution in [0.4, 0.5) is 0 Å². The Hall–Kier alpha value is -4.45. The Kier molecular flexibility index (Phi) is 9.24. The zero-order chi connectivity index (χ0) is 30.5. The van der Waals surface area contributed by atoms with Crippen molar-refractivity contribution in [3.8, 4) is 11.5 Å². The number of aryl methyl sites for hydroxylation is 1. The van der Waals surface area contributed by atoms with Gasteiger partial charge in [0.2, 0.25) is 5.91 Å². The second-order valence-corrected chi connectivity index (χ2v) is 11.6. The summed E-state index contributed by atoms with van der Waals surface area (Å²) in [5.41, 5.74) is 0.979. The van der Waals surface area contributed by atoms with Gasteiger partial charge in [-0.2, -0.15) is 5.10 Å². The number of fused-ring (bicyclic) bond motifs is 4. The van der Waals surface area contributed by atoms with Crippen molar-refractivity contribution in [1.82, 2.24) is 30.3 Å². The molecule has 0 unspecified atom stereocenters. The number of methoxy groups -OCH3 is 1. The molecule has 1 aliphatic rings. The van der Waals surface area contributed by atoms with Gasteiger partial charge >= 0.3 is 0 Å². The normalized spacial score (nSPS) is 17.0. The quantitative estimate of drug-likeness (QED) is 0.362. The summed E-state index contributed by atoms with van der Waals surface area (Å²) in [6.07, 6.45) is 0.452. The van der Waals surface area contributed by atoms with Crippen LogP contribution >= 0.6 is 11.3 Å². The number of aromatic nitrogens is 3. The number of hydrogen-bond acceptors (Lipinski definition) is 8. The zero-order valence-corrected chi connectivity index (χ0v) is 25.6. The minimum absolute atomic E-state index is 0.00484. The van der Waals surface area contributed by atoms with Crippen LogP contribution in [0.5, 0.6) is 11.5 Å². The van der Waals surface area contributed by atoms with Crippen molar-refractivity contribution < 1.29 is 23.9 Å². The second kappa shape index (κ2) is 13.2. The number of carbonyl (C=O) groups is 3. The Bertz CT molecular complexity index is 1630. The Morgan fingerprint density at radius 2 is 1.98 bits per heavy atom. The van der Waals surface area contributed by atoms with Gasteiger partial charge in [-0.1, -0.05) is 32.0 Å². The number of hydrogen-bond donors (Lipinski definition) is 2. The van der Waals surface area contributed by atoms with Crippen molar-refractivity contribution >= 4 is 39.1 Å². The Morgan fingerprint density at radius 1 is 1.16 bits per heavy atom. The standard InChI is InChI=1S/C31H36N6O5S/c1-19(2)28-29-33-20(3)35-37(29)14-15-42-25-16-21(10-11-24(25)41-4)30(39)32-12-7-13-36(17-27(38)34-28)31(40)23-18-43-26-9-6-5-8-22(23)26/h5-6,8-11,16,18-19,28H,7,12-15,17H2,1-4H3,(H,32,39)(H,34,38)/t28-/m0/s1. The van der Waals surface area contributed by atoms with Crippen molar-refractivity contribution in [1.29, 1.82) is 0 Å². The molecule has 3 amide bonds. The lowest BCUT2D eigenvalue weighted by Gasteiger charge is -2.26. The lowest BCUT2D eigenvalue weighted by atomic mass is 10.0. The fraction of sp³-hybridized carbons (Fsp3) is 0.387. The maximum atomic E-state index is 13.8. The minimum atomic E-state index is -0.441. The number of carbonyl (C=O) groups excluding carboxylic acids is 3. The van der Waals surface area contributed by atoms with Crippen LogP contribution in [-0.2, 0) is 11.3 Å². The minimum Gasteiger partial charge on any atom is -0.493 e. The van der Waals surface area contributed by atoms with Gasteiger partial charge in [-0.05, 0) is 43.5 Å². The largest absolute Gasteiger partial charge is 0.493 e. The molecule has 0 saturated heterocycles. The maximum absolute atomic E-state index is 13.8. The molecule has 1 aliphatic heterocycles. The van der Waals surface area contributed by atoms with Crippen LogP contribution in [0.15, 0.2) is 47.8 Å². The third kappa shape index (κ3) is 6.80. The predicted octanol–water partition coefficient (Wildman–Crippen LogP) is 3.98. The summed E-state index contributed by atoms with van der Waals surface area (Å²) in [7, 11) is 1.54. The molecular weight excluding hydrogens is 568 g/mol. The van der Waals surface area contributed by atoms with E-state index in [1.54, 1.807) is 41.8 Å². The molecule has 2 N–H and O–H groups in total. The van der Waals surface area contributed by atoms with Crippen molar-refractivity contribution in [2.45, 2.75) is 39.8 Å². The molecule has 0 spiro atoms. The molecule has 2 aromatic carbocycles. The van der Waals surface area contributed by atoms with E-state index in [1.165, 1.54) is 11.3 Å². The summed E-state index contributed by atoms with van der Waals surface area (Å²) in [5, 5.41) is 13.3. The van der Waals surface area contributed by atoms with E-state index >= 15 is 0 Å². The van der Waals surface area contributed by atoms with Crippen LogP contribution in [0, 0.1) is 12.8 Å². The first-order valence-corrected chi connectivity index (χ1v) is 15.2. The average Bonchev–Trinajstić information content (AvgIpc) is 3.59. The Morgan fingerprint density at radius 3 is 2.77 bits per heavy atom. The van der Waals surface area contributed by atoms with Crippen LogP contribution in [0.3, 0.4) is 0 Å². The maximum Gasteiger partial charge on any atom is 0.255 e. The van der Waals surface area contributed by atoms with E-state index in [2.05, 4.69) is 20.7 Å². The zero-order valence-electron chi connectivity index (χ0n) is 24.8. The Balaban J connectivity index is 1.47. The van der Waals surface area contributed by atoms with Crippen molar-refractivity contribution in [3.05, 3.63) is 70.6 Å². The number of ether oxygens (including phenoxy) is 2. The number of rotatable bonds is 3. The summed E-state index contributed by atoms with van der Waals surface area (Å²) in [4.78, 5) is 46.5. The van der Waals surface area contributed by atoms with E-state index in [4.69, 9.17) is 9.47 Å². The molecule has 4 aromatic rings. The highest BCUT2D eigenvalue weighted by Gasteiger charge is 2.27. The molecule has 0 saturated carbocycles. The van der Waals surface area contributed by atoms with E-state index in [0.29, 0.717) is 53.8 Å². The number of nitrogens with one attached hydrogen (secondary N) is 2. The first kappa shape index (κ1) is 30.0. The van der Waals surface area contributed by atoms with E-state index < -0.39 is 6.04 Å². The molecule has 12 heteroatoms. The third-order valence-corrected chi connectivity index (χ3v) is 8.24. The van der Waals surface area contributed by atoms with Crippen molar-refractivity contribution in [3.63, 3.8) is 0 Å². The first-order chi connectivity index (χ1) is 20.7. The summed E-state index contributed by atoms with van der Waals surface area (Å²) >= 11 is 1.49. The van der Waals surface area contributed by atoms with Gasteiger partial charge in [0.05, 0.1) is 31.8 Å². The highest BCUT2D eigenvalue weighted by Crippen LogP contribution is 2.29. The molecule has 0 fully saturated rings. The molecule has 5 rings (SSSR count). The summed E-state index contributed by atoms with van der Waals surface area (Å²) < 4.78 is 14.2. The Labute approximate surface area is 254 Å². The fourth-order valence-electron chi connectivity index (χ4n) is 5.10. The molecule has 1 atom stereocenters. The lowest BCUT2D eigenvalue weighted by Crippen LogP contribution is -2.44. The molecular formula is C31H36N6O5S. The number of thiophene rings is 1. The van der Waals surface area contributed by atoms with Crippen LogP contribution < -0.4 is 20.1 Å². The van der Waals surface area contributed by atoms with Gasteiger partial charge < -0.3 is 25.0 Å². The molecule has 11 nitrogen and oxygen atoms in total. The van der Waals surface area contributed by atoms with E-state index in [9.17, 15) is 14.4 Å². The molecule has 3 heterocycles. The molecule has 2 bridgehead atoms. The van der Waals surface area contributed by atoms with Gasteiger partial charge in [0.25, 0.3) is 11.8 Å². The van der Waals surface area contributed by atoms with E-state index in [0.717, 1.165) is 10.1 Å². The molecule has 226 valence electrons. The van der Waals surface area contributed by atoms with Gasteiger partial charge in [0, 0.05) is 34.1 Å².